The molecule has 0 radical (unpaired) electrons. The second-order valence-corrected chi connectivity index (χ2v) is 5.75. The number of halogens is 3. The van der Waals surface area contributed by atoms with Gasteiger partial charge in [0.2, 0.25) is 0 Å². The van der Waals surface area contributed by atoms with Crippen LogP contribution in [0.1, 0.15) is 43.7 Å². The minimum Gasteiger partial charge on any atom is -0.466 e. The molecule has 0 fully saturated rings. The number of alkyl halides is 3. The molecule has 0 aliphatic carbocycles. The van der Waals surface area contributed by atoms with Gasteiger partial charge in [-0.05, 0) is 37.8 Å². The highest BCUT2D eigenvalue weighted by Gasteiger charge is 2.30. The van der Waals surface area contributed by atoms with Crippen molar-refractivity contribution in [3.8, 4) is 0 Å². The molecule has 0 aliphatic rings. The maximum Gasteiger partial charge on any atom is 0.416 e. The quantitative estimate of drug-likeness (QED) is 0.485. The summed E-state index contributed by atoms with van der Waals surface area (Å²) in [5.41, 5.74) is -0.179. The van der Waals surface area contributed by atoms with Gasteiger partial charge in [-0.1, -0.05) is 24.6 Å². The smallest absolute Gasteiger partial charge is 0.416 e. The van der Waals surface area contributed by atoms with E-state index in [-0.39, 0.29) is 18.5 Å². The number of esters is 1. The highest BCUT2D eigenvalue weighted by atomic mass is 19.4. The first-order valence-electron chi connectivity index (χ1n) is 8.66. The summed E-state index contributed by atoms with van der Waals surface area (Å²) in [7, 11) is 0. The Morgan fingerprint density at radius 2 is 1.81 bits per heavy atom. The molecule has 0 aliphatic heterocycles. The van der Waals surface area contributed by atoms with Crippen molar-refractivity contribution in [2.24, 2.45) is 0 Å². The van der Waals surface area contributed by atoms with E-state index >= 15 is 0 Å². The van der Waals surface area contributed by atoms with E-state index in [0.29, 0.717) is 38.0 Å². The van der Waals surface area contributed by atoms with E-state index in [1.807, 2.05) is 0 Å². The summed E-state index contributed by atoms with van der Waals surface area (Å²) in [5.74, 6) is -0.215. The average molecular weight is 374 g/mol. The van der Waals surface area contributed by atoms with Crippen molar-refractivity contribution < 1.29 is 27.5 Å². The Balaban J connectivity index is 2.13. The second kappa shape index (κ2) is 11.4. The molecule has 146 valence electrons. The Morgan fingerprint density at radius 1 is 1.08 bits per heavy atom. The van der Waals surface area contributed by atoms with Crippen LogP contribution in [0.15, 0.2) is 24.3 Å². The van der Waals surface area contributed by atoms with E-state index in [9.17, 15) is 22.8 Å². The normalized spacial score (nSPS) is 11.1. The molecule has 0 spiro atoms. The van der Waals surface area contributed by atoms with Crippen molar-refractivity contribution >= 4 is 12.0 Å². The summed E-state index contributed by atoms with van der Waals surface area (Å²) >= 11 is 0. The lowest BCUT2D eigenvalue weighted by Gasteiger charge is -2.10. The highest BCUT2D eigenvalue weighted by molar-refractivity contribution is 5.73. The van der Waals surface area contributed by atoms with Crippen molar-refractivity contribution in [3.05, 3.63) is 35.4 Å². The molecule has 0 saturated carbocycles. The lowest BCUT2D eigenvalue weighted by Crippen LogP contribution is -2.37. The largest absolute Gasteiger partial charge is 0.466 e. The number of urea groups is 1. The third-order valence-electron chi connectivity index (χ3n) is 3.60. The summed E-state index contributed by atoms with van der Waals surface area (Å²) in [6.07, 6.45) is -1.44. The zero-order valence-electron chi connectivity index (χ0n) is 14.8. The third kappa shape index (κ3) is 9.29. The SMILES string of the molecule is CCOC(=O)CCCCCNC(=O)NCCc1cccc(C(F)(F)F)c1. The van der Waals surface area contributed by atoms with Crippen LogP contribution in [0, 0.1) is 0 Å². The Hall–Kier alpha value is -2.25. The van der Waals surface area contributed by atoms with E-state index in [4.69, 9.17) is 4.74 Å². The van der Waals surface area contributed by atoms with Gasteiger partial charge >= 0.3 is 18.2 Å². The Kier molecular flexibility index (Phi) is 9.54. The van der Waals surface area contributed by atoms with E-state index < -0.39 is 11.7 Å². The Morgan fingerprint density at radius 3 is 2.50 bits per heavy atom. The molecule has 2 N–H and O–H groups in total. The highest BCUT2D eigenvalue weighted by Crippen LogP contribution is 2.29. The summed E-state index contributed by atoms with van der Waals surface area (Å²) in [6.45, 7) is 2.85. The number of ether oxygens (including phenoxy) is 1. The number of rotatable bonds is 10. The lowest BCUT2D eigenvalue weighted by molar-refractivity contribution is -0.143. The van der Waals surface area contributed by atoms with Crippen LogP contribution in [0.4, 0.5) is 18.0 Å². The number of hydrogen-bond donors (Lipinski definition) is 2. The van der Waals surface area contributed by atoms with Gasteiger partial charge in [0.15, 0.2) is 0 Å². The van der Waals surface area contributed by atoms with E-state index in [1.54, 1.807) is 13.0 Å². The number of hydrogen-bond acceptors (Lipinski definition) is 3. The minimum atomic E-state index is -4.37. The predicted molar refractivity (Wildman–Crippen MR) is 91.7 cm³/mol. The maximum absolute atomic E-state index is 12.6. The molecule has 0 unspecified atom stereocenters. The first-order valence-corrected chi connectivity index (χ1v) is 8.66. The molecule has 0 saturated heterocycles. The van der Waals surface area contributed by atoms with Crippen molar-refractivity contribution in [1.82, 2.24) is 10.6 Å². The number of unbranched alkanes of at least 4 members (excludes halogenated alkanes) is 2. The van der Waals surface area contributed by atoms with Gasteiger partial charge < -0.3 is 15.4 Å². The molecular weight excluding hydrogens is 349 g/mol. The van der Waals surface area contributed by atoms with Crippen LogP contribution >= 0.6 is 0 Å². The molecule has 8 heteroatoms. The fourth-order valence-corrected chi connectivity index (χ4v) is 2.29. The molecule has 1 rings (SSSR count). The number of amides is 2. The minimum absolute atomic E-state index is 0.215. The molecule has 0 bridgehead atoms. The number of carbonyl (C=O) groups is 2. The van der Waals surface area contributed by atoms with Gasteiger partial charge in [-0.2, -0.15) is 13.2 Å². The first kappa shape index (κ1) is 21.8. The predicted octanol–water partition coefficient (Wildman–Crippen LogP) is 3.67. The van der Waals surface area contributed by atoms with Crippen LogP contribution in [-0.4, -0.2) is 31.7 Å². The van der Waals surface area contributed by atoms with Crippen LogP contribution in [0.25, 0.3) is 0 Å². The molecule has 0 atom stereocenters. The number of carbonyl (C=O) groups excluding carboxylic acids is 2. The maximum atomic E-state index is 12.6. The molecule has 1 aromatic rings. The van der Waals surface area contributed by atoms with Crippen LogP contribution in [-0.2, 0) is 22.1 Å². The van der Waals surface area contributed by atoms with Crippen molar-refractivity contribution in [2.45, 2.75) is 45.2 Å². The van der Waals surface area contributed by atoms with Crippen molar-refractivity contribution in [3.63, 3.8) is 0 Å². The molecule has 0 heterocycles. The van der Waals surface area contributed by atoms with Gasteiger partial charge in [-0.3, -0.25) is 4.79 Å². The monoisotopic (exact) mass is 374 g/mol. The molecular formula is C18H25F3N2O3. The Labute approximate surface area is 151 Å². The molecule has 0 aromatic heterocycles. The fourth-order valence-electron chi connectivity index (χ4n) is 2.29. The second-order valence-electron chi connectivity index (χ2n) is 5.75. The van der Waals surface area contributed by atoms with Gasteiger partial charge in [0.05, 0.1) is 12.2 Å². The third-order valence-corrected chi connectivity index (χ3v) is 3.60. The van der Waals surface area contributed by atoms with Gasteiger partial charge in [-0.25, -0.2) is 4.79 Å². The van der Waals surface area contributed by atoms with Crippen molar-refractivity contribution in [1.29, 1.82) is 0 Å². The van der Waals surface area contributed by atoms with Crippen LogP contribution in [0.2, 0.25) is 0 Å². The average Bonchev–Trinajstić information content (AvgIpc) is 2.58. The number of nitrogens with one attached hydrogen (secondary N) is 2. The van der Waals surface area contributed by atoms with E-state index in [0.717, 1.165) is 25.0 Å². The van der Waals surface area contributed by atoms with Gasteiger partial charge in [0.25, 0.3) is 0 Å². The topological polar surface area (TPSA) is 67.4 Å². The van der Waals surface area contributed by atoms with Crippen LogP contribution < -0.4 is 10.6 Å². The zero-order valence-corrected chi connectivity index (χ0v) is 14.8. The van der Waals surface area contributed by atoms with Gasteiger partial charge in [0.1, 0.15) is 0 Å². The molecule has 5 nitrogen and oxygen atoms in total. The summed E-state index contributed by atoms with van der Waals surface area (Å²) in [5, 5.41) is 5.28. The number of benzene rings is 1. The molecule has 26 heavy (non-hydrogen) atoms. The molecule has 1 aromatic carbocycles. The van der Waals surface area contributed by atoms with Gasteiger partial charge in [0, 0.05) is 19.5 Å². The summed E-state index contributed by atoms with van der Waals surface area (Å²) in [6, 6.07) is 4.70. The zero-order chi connectivity index (χ0) is 19.4. The summed E-state index contributed by atoms with van der Waals surface area (Å²) < 4.78 is 42.7. The van der Waals surface area contributed by atoms with Gasteiger partial charge in [-0.15, -0.1) is 0 Å². The fraction of sp³-hybridized carbons (Fsp3) is 0.556. The molecule has 2 amide bonds. The lowest BCUT2D eigenvalue weighted by atomic mass is 10.1. The van der Waals surface area contributed by atoms with Crippen LogP contribution in [0.3, 0.4) is 0 Å². The first-order chi connectivity index (χ1) is 12.3. The van der Waals surface area contributed by atoms with Crippen molar-refractivity contribution in [2.75, 3.05) is 19.7 Å². The van der Waals surface area contributed by atoms with E-state index in [2.05, 4.69) is 10.6 Å². The van der Waals surface area contributed by atoms with Crippen LogP contribution in [0.5, 0.6) is 0 Å². The summed E-state index contributed by atoms with van der Waals surface area (Å²) in [4.78, 5) is 22.7. The Bertz CT molecular complexity index is 577. The standard InChI is InChI=1S/C18H25F3N2O3/c1-2-26-16(24)9-4-3-5-11-22-17(25)23-12-10-14-7-6-8-15(13-14)18(19,20)21/h6-8,13H,2-5,9-12H2,1H3,(H2,22,23,25). The van der Waals surface area contributed by atoms with E-state index in [1.165, 1.54) is 6.07 Å².